The van der Waals surface area contributed by atoms with Crippen molar-refractivity contribution in [3.8, 4) is 0 Å². The van der Waals surface area contributed by atoms with Gasteiger partial charge in [-0.1, -0.05) is 60.1 Å². The van der Waals surface area contributed by atoms with Crippen molar-refractivity contribution >= 4 is 34.2 Å². The number of aromatic nitrogens is 1. The van der Waals surface area contributed by atoms with Crippen LogP contribution in [0.3, 0.4) is 0 Å². The summed E-state index contributed by atoms with van der Waals surface area (Å²) in [5.74, 6) is -0.346. The fourth-order valence-electron chi connectivity index (χ4n) is 4.78. The van der Waals surface area contributed by atoms with Crippen molar-refractivity contribution in [2.75, 3.05) is 13.2 Å². The van der Waals surface area contributed by atoms with Crippen molar-refractivity contribution in [2.24, 2.45) is 0 Å². The van der Waals surface area contributed by atoms with E-state index in [9.17, 15) is 9.59 Å². The van der Waals surface area contributed by atoms with Gasteiger partial charge in [0.05, 0.1) is 12.1 Å². The van der Waals surface area contributed by atoms with Gasteiger partial charge in [0, 0.05) is 48.2 Å². The number of hydroxylamine groups is 1. The second-order valence-electron chi connectivity index (χ2n) is 9.90. The summed E-state index contributed by atoms with van der Waals surface area (Å²) in [5, 5.41) is 5.65. The van der Waals surface area contributed by atoms with Gasteiger partial charge in [-0.3, -0.25) is 14.6 Å². The van der Waals surface area contributed by atoms with E-state index in [-0.39, 0.29) is 24.5 Å². The van der Waals surface area contributed by atoms with E-state index in [4.69, 9.17) is 26.2 Å². The summed E-state index contributed by atoms with van der Waals surface area (Å²) in [6.07, 6.45) is 5.68. The molecular weight excluding hydrogens is 526 g/mol. The molecule has 40 heavy (non-hydrogen) atoms. The molecule has 4 aromatic rings. The number of nitrogens with one attached hydrogen (secondary N) is 2. The van der Waals surface area contributed by atoms with Gasteiger partial charge in [-0.15, -0.1) is 0 Å². The molecule has 206 valence electrons. The Morgan fingerprint density at radius 3 is 2.45 bits per heavy atom. The van der Waals surface area contributed by atoms with Gasteiger partial charge in [-0.25, -0.2) is 10.3 Å². The molecule has 2 N–H and O–H groups in total. The standard InChI is InChI=1S/C32H32ClN3O4/c33-26-14-10-22(11-15-26)16-17-34-32(38)24-12-8-23(9-13-24)19-29-28-6-2-1-5-27(28)25(21-35-29)20-30(37)36-40-31-7-3-4-18-39-31/h1-2,5-6,8-15,21,31H,3-4,7,16-20H2,(H,34,38)(H,36,37). The Kier molecular flexibility index (Phi) is 9.39. The van der Waals surface area contributed by atoms with Crippen LogP contribution in [0, 0.1) is 0 Å². The number of ether oxygens (including phenoxy) is 1. The smallest absolute Gasteiger partial charge is 0.251 e. The van der Waals surface area contributed by atoms with Crippen LogP contribution in [0.25, 0.3) is 10.8 Å². The highest BCUT2D eigenvalue weighted by Gasteiger charge is 2.17. The lowest BCUT2D eigenvalue weighted by Gasteiger charge is -2.22. The minimum absolute atomic E-state index is 0.106. The third-order valence-electron chi connectivity index (χ3n) is 6.95. The molecule has 1 unspecified atom stereocenters. The lowest BCUT2D eigenvalue weighted by molar-refractivity contribution is -0.200. The van der Waals surface area contributed by atoms with Crippen LogP contribution in [-0.4, -0.2) is 36.2 Å². The van der Waals surface area contributed by atoms with E-state index < -0.39 is 0 Å². The molecule has 1 fully saturated rings. The van der Waals surface area contributed by atoms with E-state index in [0.29, 0.717) is 30.2 Å². The minimum atomic E-state index is -0.387. The van der Waals surface area contributed by atoms with E-state index in [1.807, 2.05) is 72.8 Å². The average Bonchev–Trinajstić information content (AvgIpc) is 2.99. The number of benzene rings is 3. The van der Waals surface area contributed by atoms with Crippen LogP contribution in [0.15, 0.2) is 79.0 Å². The highest BCUT2D eigenvalue weighted by molar-refractivity contribution is 6.30. The normalized spacial score (nSPS) is 15.1. The first-order valence-electron chi connectivity index (χ1n) is 13.6. The molecule has 0 saturated carbocycles. The highest BCUT2D eigenvalue weighted by atomic mass is 35.5. The van der Waals surface area contributed by atoms with Gasteiger partial charge in [0.1, 0.15) is 0 Å². The monoisotopic (exact) mass is 557 g/mol. The van der Waals surface area contributed by atoms with Gasteiger partial charge in [0.25, 0.3) is 5.91 Å². The Hall–Kier alpha value is -3.78. The van der Waals surface area contributed by atoms with Crippen LogP contribution in [0.2, 0.25) is 5.02 Å². The summed E-state index contributed by atoms with van der Waals surface area (Å²) in [6.45, 7) is 1.20. The third kappa shape index (κ3) is 7.45. The van der Waals surface area contributed by atoms with Gasteiger partial charge in [-0.05, 0) is 65.6 Å². The molecular formula is C32H32ClN3O4. The number of fused-ring (bicyclic) bond motifs is 1. The van der Waals surface area contributed by atoms with Crippen molar-refractivity contribution < 1.29 is 19.2 Å². The zero-order valence-corrected chi connectivity index (χ0v) is 23.0. The van der Waals surface area contributed by atoms with Crippen molar-refractivity contribution in [1.82, 2.24) is 15.8 Å². The van der Waals surface area contributed by atoms with Crippen LogP contribution >= 0.6 is 11.6 Å². The summed E-state index contributed by atoms with van der Waals surface area (Å²) in [7, 11) is 0. The van der Waals surface area contributed by atoms with E-state index in [1.165, 1.54) is 0 Å². The number of nitrogens with zero attached hydrogens (tertiary/aromatic N) is 1. The molecule has 8 heteroatoms. The summed E-state index contributed by atoms with van der Waals surface area (Å²) >= 11 is 5.93. The summed E-state index contributed by atoms with van der Waals surface area (Å²) in [6, 6.07) is 23.2. The maximum absolute atomic E-state index is 12.6. The number of hydrogen-bond donors (Lipinski definition) is 2. The van der Waals surface area contributed by atoms with Gasteiger partial charge < -0.3 is 10.1 Å². The van der Waals surface area contributed by atoms with Crippen LogP contribution in [0.4, 0.5) is 0 Å². The SMILES string of the molecule is O=C(Cc1cnc(Cc2ccc(C(=O)NCCc3ccc(Cl)cc3)cc2)c2ccccc12)NOC1CCCCO1. The molecule has 1 aromatic heterocycles. The molecule has 1 aliphatic heterocycles. The topological polar surface area (TPSA) is 89.6 Å². The van der Waals surface area contributed by atoms with Crippen LogP contribution in [-0.2, 0) is 33.6 Å². The van der Waals surface area contributed by atoms with Gasteiger partial charge in [-0.2, -0.15) is 0 Å². The van der Waals surface area contributed by atoms with E-state index >= 15 is 0 Å². The number of carbonyl (C=O) groups is 2. The maximum Gasteiger partial charge on any atom is 0.251 e. The molecule has 0 bridgehead atoms. The van der Waals surface area contributed by atoms with E-state index in [1.54, 1.807) is 6.20 Å². The van der Waals surface area contributed by atoms with Gasteiger partial charge in [0.15, 0.2) is 6.29 Å². The number of carbonyl (C=O) groups excluding carboxylic acids is 2. The highest BCUT2D eigenvalue weighted by Crippen LogP contribution is 2.24. The van der Waals surface area contributed by atoms with E-state index in [2.05, 4.69) is 10.8 Å². The molecule has 2 amide bonds. The van der Waals surface area contributed by atoms with E-state index in [0.717, 1.165) is 58.8 Å². The second-order valence-corrected chi connectivity index (χ2v) is 10.3. The zero-order valence-electron chi connectivity index (χ0n) is 22.2. The summed E-state index contributed by atoms with van der Waals surface area (Å²) in [5.41, 5.74) is 7.04. The molecule has 2 heterocycles. The molecule has 3 aromatic carbocycles. The molecule has 7 nitrogen and oxygen atoms in total. The summed E-state index contributed by atoms with van der Waals surface area (Å²) < 4.78 is 5.50. The number of halogens is 1. The van der Waals surface area contributed by atoms with Crippen molar-refractivity contribution in [2.45, 2.75) is 44.8 Å². The predicted molar refractivity (Wildman–Crippen MR) is 155 cm³/mol. The predicted octanol–water partition coefficient (Wildman–Crippen LogP) is 5.57. The van der Waals surface area contributed by atoms with Crippen LogP contribution < -0.4 is 10.8 Å². The Balaban J connectivity index is 1.18. The number of pyridine rings is 1. The lowest BCUT2D eigenvalue weighted by atomic mass is 9.99. The molecule has 0 spiro atoms. The fourth-order valence-corrected chi connectivity index (χ4v) is 4.90. The van der Waals surface area contributed by atoms with Crippen molar-refractivity contribution in [1.29, 1.82) is 0 Å². The first-order valence-corrected chi connectivity index (χ1v) is 14.0. The summed E-state index contributed by atoms with van der Waals surface area (Å²) in [4.78, 5) is 35.3. The molecule has 5 rings (SSSR count). The fraction of sp³-hybridized carbons (Fsp3) is 0.281. The number of rotatable bonds is 10. The average molecular weight is 558 g/mol. The Bertz CT molecular complexity index is 1450. The lowest BCUT2D eigenvalue weighted by Crippen LogP contribution is -2.33. The Labute approximate surface area is 238 Å². The minimum Gasteiger partial charge on any atom is -0.352 e. The molecule has 1 atom stereocenters. The number of hydrogen-bond acceptors (Lipinski definition) is 5. The molecule has 1 aliphatic rings. The van der Waals surface area contributed by atoms with Crippen molar-refractivity contribution in [3.63, 3.8) is 0 Å². The maximum atomic E-state index is 12.6. The first-order chi connectivity index (χ1) is 19.5. The Morgan fingerprint density at radius 2 is 1.70 bits per heavy atom. The largest absolute Gasteiger partial charge is 0.352 e. The van der Waals surface area contributed by atoms with Crippen LogP contribution in [0.1, 0.15) is 52.0 Å². The zero-order chi connectivity index (χ0) is 27.7. The number of amides is 2. The molecule has 0 radical (unpaired) electrons. The quantitative estimate of drug-likeness (QED) is 0.249. The van der Waals surface area contributed by atoms with Crippen LogP contribution in [0.5, 0.6) is 0 Å². The third-order valence-corrected chi connectivity index (χ3v) is 7.21. The second kappa shape index (κ2) is 13.5. The van der Waals surface area contributed by atoms with Crippen molar-refractivity contribution in [3.05, 3.63) is 112 Å². The molecule has 1 saturated heterocycles. The Morgan fingerprint density at radius 1 is 0.950 bits per heavy atom. The first kappa shape index (κ1) is 27.8. The van der Waals surface area contributed by atoms with Gasteiger partial charge in [0.2, 0.25) is 5.91 Å². The molecule has 0 aliphatic carbocycles. The van der Waals surface area contributed by atoms with Gasteiger partial charge >= 0.3 is 0 Å².